The standard InChI is InChI=1S/C12H11N3O4S2/c1-6-9(11(18)19)21-12(14-6)20-5-8(16)15-10(17)7-3-2-4-13-7/h2-4,13H,5H2,1H3,(H,18,19)(H,15,16,17). The van der Waals surface area contributed by atoms with Crippen molar-refractivity contribution in [1.29, 1.82) is 0 Å². The zero-order chi connectivity index (χ0) is 15.4. The number of thiazole rings is 1. The second-order valence-electron chi connectivity index (χ2n) is 3.95. The van der Waals surface area contributed by atoms with Gasteiger partial charge >= 0.3 is 5.97 Å². The number of nitrogens with one attached hydrogen (secondary N) is 2. The largest absolute Gasteiger partial charge is 0.477 e. The van der Waals surface area contributed by atoms with Crippen molar-refractivity contribution in [1.82, 2.24) is 15.3 Å². The smallest absolute Gasteiger partial charge is 0.347 e. The van der Waals surface area contributed by atoms with Crippen molar-refractivity contribution < 1.29 is 19.5 Å². The molecule has 7 nitrogen and oxygen atoms in total. The lowest BCUT2D eigenvalue weighted by Gasteiger charge is -2.01. The van der Waals surface area contributed by atoms with E-state index in [1.54, 1.807) is 25.3 Å². The summed E-state index contributed by atoms with van der Waals surface area (Å²) in [5.74, 6) is -2.03. The van der Waals surface area contributed by atoms with Gasteiger partial charge in [0.15, 0.2) is 4.34 Å². The number of amides is 2. The molecule has 0 bridgehead atoms. The van der Waals surface area contributed by atoms with Crippen LogP contribution in [0.2, 0.25) is 0 Å². The molecule has 2 heterocycles. The first-order valence-electron chi connectivity index (χ1n) is 5.78. The monoisotopic (exact) mass is 325 g/mol. The molecule has 110 valence electrons. The number of aryl methyl sites for hydroxylation is 1. The van der Waals surface area contributed by atoms with Crippen LogP contribution in [-0.4, -0.2) is 38.6 Å². The Kier molecular flexibility index (Phi) is 4.76. The fraction of sp³-hybridized carbons (Fsp3) is 0.167. The average molecular weight is 325 g/mol. The van der Waals surface area contributed by atoms with Crippen LogP contribution in [0.15, 0.2) is 22.7 Å². The second kappa shape index (κ2) is 6.55. The van der Waals surface area contributed by atoms with Gasteiger partial charge in [0.1, 0.15) is 10.6 Å². The Hall–Kier alpha value is -2.13. The Morgan fingerprint density at radius 1 is 1.48 bits per heavy atom. The summed E-state index contributed by atoms with van der Waals surface area (Å²) < 4.78 is 0.479. The number of carboxylic acid groups (broad SMARTS) is 1. The third-order valence-electron chi connectivity index (χ3n) is 2.39. The van der Waals surface area contributed by atoms with Crippen molar-refractivity contribution in [3.63, 3.8) is 0 Å². The van der Waals surface area contributed by atoms with Crippen molar-refractivity contribution in [2.24, 2.45) is 0 Å². The van der Waals surface area contributed by atoms with Crippen molar-refractivity contribution in [3.05, 3.63) is 34.6 Å². The number of carbonyl (C=O) groups excluding carboxylic acids is 2. The Labute approximate surface area is 127 Å². The van der Waals surface area contributed by atoms with E-state index >= 15 is 0 Å². The molecule has 0 radical (unpaired) electrons. The molecule has 0 atom stereocenters. The van der Waals surface area contributed by atoms with Crippen molar-refractivity contribution in [2.45, 2.75) is 11.3 Å². The lowest BCUT2D eigenvalue weighted by Crippen LogP contribution is -2.32. The normalized spacial score (nSPS) is 10.3. The van der Waals surface area contributed by atoms with Crippen molar-refractivity contribution >= 4 is 40.9 Å². The number of aromatic nitrogens is 2. The minimum atomic E-state index is -1.04. The van der Waals surface area contributed by atoms with E-state index in [4.69, 9.17) is 5.11 Å². The lowest BCUT2D eigenvalue weighted by atomic mass is 10.4. The van der Waals surface area contributed by atoms with Gasteiger partial charge in [-0.05, 0) is 19.1 Å². The van der Waals surface area contributed by atoms with Gasteiger partial charge in [-0.2, -0.15) is 0 Å². The molecule has 0 unspecified atom stereocenters. The highest BCUT2D eigenvalue weighted by Crippen LogP contribution is 2.26. The molecule has 2 amide bonds. The summed E-state index contributed by atoms with van der Waals surface area (Å²) in [5.41, 5.74) is 0.712. The fourth-order valence-corrected chi connectivity index (χ4v) is 3.29. The first-order chi connectivity index (χ1) is 9.97. The molecule has 0 fully saturated rings. The van der Waals surface area contributed by atoms with Gasteiger partial charge in [-0.3, -0.25) is 14.9 Å². The molecule has 2 aromatic heterocycles. The highest BCUT2D eigenvalue weighted by atomic mass is 32.2. The van der Waals surface area contributed by atoms with Crippen LogP contribution in [-0.2, 0) is 4.79 Å². The highest BCUT2D eigenvalue weighted by molar-refractivity contribution is 8.01. The number of hydrogen-bond acceptors (Lipinski definition) is 6. The number of aromatic carboxylic acids is 1. The van der Waals surface area contributed by atoms with Crippen LogP contribution in [0.1, 0.15) is 25.9 Å². The first kappa shape index (κ1) is 15.3. The van der Waals surface area contributed by atoms with E-state index in [1.807, 2.05) is 0 Å². The van der Waals surface area contributed by atoms with Gasteiger partial charge in [0.25, 0.3) is 5.91 Å². The fourth-order valence-electron chi connectivity index (χ4n) is 1.46. The quantitative estimate of drug-likeness (QED) is 0.719. The van der Waals surface area contributed by atoms with E-state index in [2.05, 4.69) is 15.3 Å². The number of hydrogen-bond donors (Lipinski definition) is 3. The van der Waals surface area contributed by atoms with Gasteiger partial charge < -0.3 is 10.1 Å². The highest BCUT2D eigenvalue weighted by Gasteiger charge is 2.16. The minimum Gasteiger partial charge on any atom is -0.477 e. The van der Waals surface area contributed by atoms with Crippen molar-refractivity contribution in [3.8, 4) is 0 Å². The molecule has 0 aliphatic heterocycles. The van der Waals surface area contributed by atoms with Crippen LogP contribution in [0.25, 0.3) is 0 Å². The number of aromatic amines is 1. The molecule has 0 saturated carbocycles. The predicted octanol–water partition coefficient (Wildman–Crippen LogP) is 1.53. The van der Waals surface area contributed by atoms with Crippen LogP contribution in [0.3, 0.4) is 0 Å². The molecule has 0 aliphatic carbocycles. The van der Waals surface area contributed by atoms with Crippen LogP contribution in [0.4, 0.5) is 0 Å². The van der Waals surface area contributed by atoms with Crippen LogP contribution in [0.5, 0.6) is 0 Å². The lowest BCUT2D eigenvalue weighted by molar-refractivity contribution is -0.117. The summed E-state index contributed by atoms with van der Waals surface area (Å²) in [5, 5.41) is 11.1. The maximum atomic E-state index is 11.6. The molecule has 0 aliphatic rings. The Morgan fingerprint density at radius 2 is 2.24 bits per heavy atom. The molecular weight excluding hydrogens is 314 g/mol. The number of H-pyrrole nitrogens is 1. The van der Waals surface area contributed by atoms with Crippen LogP contribution >= 0.6 is 23.1 Å². The summed E-state index contributed by atoms with van der Waals surface area (Å²) in [6, 6.07) is 3.21. The van der Waals surface area contributed by atoms with Crippen LogP contribution in [0, 0.1) is 6.92 Å². The maximum absolute atomic E-state index is 11.6. The first-order valence-corrected chi connectivity index (χ1v) is 7.58. The predicted molar refractivity (Wildman–Crippen MR) is 77.8 cm³/mol. The third-order valence-corrected chi connectivity index (χ3v) is 4.68. The molecule has 21 heavy (non-hydrogen) atoms. The number of nitrogens with zero attached hydrogens (tertiary/aromatic N) is 1. The van der Waals surface area contributed by atoms with Gasteiger partial charge in [0.2, 0.25) is 5.91 Å². The topological polar surface area (TPSA) is 112 Å². The van der Waals surface area contributed by atoms with E-state index in [9.17, 15) is 14.4 Å². The number of carbonyl (C=O) groups is 3. The molecule has 9 heteroatoms. The van der Waals surface area contributed by atoms with Gasteiger partial charge in [-0.15, -0.1) is 11.3 Å². The average Bonchev–Trinajstić information content (AvgIpc) is 3.05. The molecular formula is C12H11N3O4S2. The van der Waals surface area contributed by atoms with Crippen LogP contribution < -0.4 is 5.32 Å². The summed E-state index contributed by atoms with van der Waals surface area (Å²) in [4.78, 5) is 41.0. The van der Waals surface area contributed by atoms with E-state index in [-0.39, 0.29) is 10.6 Å². The number of thioether (sulfide) groups is 1. The van der Waals surface area contributed by atoms with E-state index in [1.165, 1.54) is 0 Å². The van der Waals surface area contributed by atoms with E-state index in [0.29, 0.717) is 15.7 Å². The maximum Gasteiger partial charge on any atom is 0.347 e. The van der Waals surface area contributed by atoms with E-state index in [0.717, 1.165) is 23.1 Å². The van der Waals surface area contributed by atoms with Gasteiger partial charge in [-0.25, -0.2) is 9.78 Å². The summed E-state index contributed by atoms with van der Waals surface area (Å²) in [7, 11) is 0. The van der Waals surface area contributed by atoms with Gasteiger partial charge in [0.05, 0.1) is 11.4 Å². The van der Waals surface area contributed by atoms with Gasteiger partial charge in [0, 0.05) is 6.20 Å². The third kappa shape index (κ3) is 3.92. The van der Waals surface area contributed by atoms with Crippen molar-refractivity contribution in [2.75, 3.05) is 5.75 Å². The molecule has 3 N–H and O–H groups in total. The molecule has 2 rings (SSSR count). The summed E-state index contributed by atoms with van der Waals surface area (Å²) in [6.45, 7) is 1.60. The summed E-state index contributed by atoms with van der Waals surface area (Å²) >= 11 is 2.10. The Bertz CT molecular complexity index is 679. The zero-order valence-corrected chi connectivity index (χ0v) is 12.5. The molecule has 2 aromatic rings. The molecule has 0 aromatic carbocycles. The molecule has 0 spiro atoms. The number of rotatable bonds is 5. The van der Waals surface area contributed by atoms with Gasteiger partial charge in [-0.1, -0.05) is 11.8 Å². The zero-order valence-electron chi connectivity index (χ0n) is 10.9. The number of carboxylic acids is 1. The Morgan fingerprint density at radius 3 is 2.81 bits per heavy atom. The van der Waals surface area contributed by atoms with E-state index < -0.39 is 17.8 Å². The minimum absolute atomic E-state index is 0.0154. The Balaban J connectivity index is 1.88. The number of imide groups is 1. The second-order valence-corrected chi connectivity index (χ2v) is 6.17. The molecule has 0 saturated heterocycles. The SMILES string of the molecule is Cc1nc(SCC(=O)NC(=O)c2ccc[nH]2)sc1C(=O)O. The summed E-state index contributed by atoms with van der Waals surface area (Å²) in [6.07, 6.45) is 1.58.